The van der Waals surface area contributed by atoms with Crippen molar-refractivity contribution in [3.8, 4) is 0 Å². The van der Waals surface area contributed by atoms with Crippen LogP contribution in [0.15, 0.2) is 0 Å². The molecule has 0 rings (SSSR count). The van der Waals surface area contributed by atoms with Gasteiger partial charge in [0.25, 0.3) is 0 Å². The summed E-state index contributed by atoms with van der Waals surface area (Å²) in [5, 5.41) is 3.54. The van der Waals surface area contributed by atoms with E-state index in [9.17, 15) is 0 Å². The first-order valence-electron chi connectivity index (χ1n) is 6.00. The van der Waals surface area contributed by atoms with Crippen molar-refractivity contribution >= 4 is 0 Å². The third-order valence-corrected chi connectivity index (χ3v) is 2.82. The quantitative estimate of drug-likeness (QED) is 0.619. The molecule has 0 radical (unpaired) electrons. The van der Waals surface area contributed by atoms with Crippen molar-refractivity contribution in [3.63, 3.8) is 0 Å². The van der Waals surface area contributed by atoms with E-state index in [0.29, 0.717) is 6.04 Å². The minimum atomic E-state index is 0.546. The Labute approximate surface area is 89.4 Å². The fourth-order valence-electron chi connectivity index (χ4n) is 1.78. The van der Waals surface area contributed by atoms with E-state index in [2.05, 4.69) is 26.1 Å². The van der Waals surface area contributed by atoms with Crippen LogP contribution in [-0.4, -0.2) is 26.3 Å². The molecule has 0 aromatic heterocycles. The fraction of sp³-hybridized carbons (Fsp3) is 1.00. The summed E-state index contributed by atoms with van der Waals surface area (Å²) in [6, 6.07) is 0.546. The molecule has 2 heteroatoms. The van der Waals surface area contributed by atoms with Crippen LogP contribution in [0.5, 0.6) is 0 Å². The summed E-state index contributed by atoms with van der Waals surface area (Å²) in [6.45, 7) is 8.70. The summed E-state index contributed by atoms with van der Waals surface area (Å²) >= 11 is 0. The molecule has 1 atom stereocenters. The first-order valence-corrected chi connectivity index (χ1v) is 6.00. The van der Waals surface area contributed by atoms with Gasteiger partial charge in [0.05, 0.1) is 6.61 Å². The SMILES string of the molecule is CCCNC(COC)CC(CC)CC. The van der Waals surface area contributed by atoms with Crippen LogP contribution in [-0.2, 0) is 4.74 Å². The number of hydrogen-bond donors (Lipinski definition) is 1. The van der Waals surface area contributed by atoms with Crippen LogP contribution >= 0.6 is 0 Å². The lowest BCUT2D eigenvalue weighted by Gasteiger charge is -2.22. The average molecular weight is 201 g/mol. The predicted octanol–water partition coefficient (Wildman–Crippen LogP) is 2.83. The van der Waals surface area contributed by atoms with Gasteiger partial charge in [-0.15, -0.1) is 0 Å². The molecule has 14 heavy (non-hydrogen) atoms. The maximum Gasteiger partial charge on any atom is 0.0615 e. The molecule has 0 aliphatic heterocycles. The molecule has 0 saturated heterocycles. The Morgan fingerprint density at radius 2 is 1.79 bits per heavy atom. The van der Waals surface area contributed by atoms with Gasteiger partial charge < -0.3 is 10.1 Å². The zero-order valence-electron chi connectivity index (χ0n) is 10.3. The van der Waals surface area contributed by atoms with E-state index in [0.717, 1.165) is 19.1 Å². The lowest BCUT2D eigenvalue weighted by Crippen LogP contribution is -2.35. The molecule has 0 saturated carbocycles. The third-order valence-electron chi connectivity index (χ3n) is 2.82. The molecule has 0 heterocycles. The first-order chi connectivity index (χ1) is 6.78. The van der Waals surface area contributed by atoms with Crippen LogP contribution in [0.4, 0.5) is 0 Å². The minimum absolute atomic E-state index is 0.546. The first kappa shape index (κ1) is 13.9. The summed E-state index contributed by atoms with van der Waals surface area (Å²) in [6.07, 6.45) is 5.01. The van der Waals surface area contributed by atoms with Crippen molar-refractivity contribution in [3.05, 3.63) is 0 Å². The second kappa shape index (κ2) is 9.47. The molecular formula is C12H27NO. The van der Waals surface area contributed by atoms with Crippen molar-refractivity contribution in [1.82, 2.24) is 5.32 Å². The Morgan fingerprint density at radius 3 is 2.21 bits per heavy atom. The largest absolute Gasteiger partial charge is 0.383 e. The molecule has 1 N–H and O–H groups in total. The summed E-state index contributed by atoms with van der Waals surface area (Å²) in [5.41, 5.74) is 0. The number of nitrogens with one attached hydrogen (secondary N) is 1. The highest BCUT2D eigenvalue weighted by Gasteiger charge is 2.12. The van der Waals surface area contributed by atoms with Gasteiger partial charge in [-0.3, -0.25) is 0 Å². The minimum Gasteiger partial charge on any atom is -0.383 e. The van der Waals surface area contributed by atoms with Gasteiger partial charge in [0.15, 0.2) is 0 Å². The Bertz CT molecular complexity index is 113. The summed E-state index contributed by atoms with van der Waals surface area (Å²) in [4.78, 5) is 0. The van der Waals surface area contributed by atoms with Gasteiger partial charge in [-0.25, -0.2) is 0 Å². The number of rotatable bonds is 9. The van der Waals surface area contributed by atoms with E-state index in [-0.39, 0.29) is 0 Å². The van der Waals surface area contributed by atoms with E-state index in [1.165, 1.54) is 25.7 Å². The van der Waals surface area contributed by atoms with Crippen LogP contribution in [0.3, 0.4) is 0 Å². The fourth-order valence-corrected chi connectivity index (χ4v) is 1.78. The van der Waals surface area contributed by atoms with Crippen molar-refractivity contribution < 1.29 is 4.74 Å². The van der Waals surface area contributed by atoms with Crippen LogP contribution < -0.4 is 5.32 Å². The van der Waals surface area contributed by atoms with E-state index >= 15 is 0 Å². The zero-order chi connectivity index (χ0) is 10.8. The van der Waals surface area contributed by atoms with Crippen molar-refractivity contribution in [1.29, 1.82) is 0 Å². The Balaban J connectivity index is 3.80. The van der Waals surface area contributed by atoms with Gasteiger partial charge in [0, 0.05) is 13.2 Å². The monoisotopic (exact) mass is 201 g/mol. The lowest BCUT2D eigenvalue weighted by molar-refractivity contribution is 0.152. The maximum absolute atomic E-state index is 5.23. The van der Waals surface area contributed by atoms with E-state index in [1.807, 2.05) is 0 Å². The molecule has 1 unspecified atom stereocenters. The molecule has 0 aromatic rings. The normalized spacial score (nSPS) is 13.5. The Kier molecular flexibility index (Phi) is 9.42. The van der Waals surface area contributed by atoms with Gasteiger partial charge in [-0.1, -0.05) is 33.6 Å². The summed E-state index contributed by atoms with van der Waals surface area (Å²) in [7, 11) is 1.79. The van der Waals surface area contributed by atoms with Crippen LogP contribution in [0, 0.1) is 5.92 Å². The molecule has 0 spiro atoms. The van der Waals surface area contributed by atoms with Crippen LogP contribution in [0.1, 0.15) is 46.5 Å². The summed E-state index contributed by atoms with van der Waals surface area (Å²) in [5.74, 6) is 0.847. The molecule has 0 amide bonds. The number of hydrogen-bond acceptors (Lipinski definition) is 2. The second-order valence-electron chi connectivity index (χ2n) is 4.02. The highest BCUT2D eigenvalue weighted by Crippen LogP contribution is 2.15. The van der Waals surface area contributed by atoms with Gasteiger partial charge in [0.2, 0.25) is 0 Å². The smallest absolute Gasteiger partial charge is 0.0615 e. The van der Waals surface area contributed by atoms with Gasteiger partial charge in [-0.2, -0.15) is 0 Å². The van der Waals surface area contributed by atoms with E-state index < -0.39 is 0 Å². The number of methoxy groups -OCH3 is 1. The lowest BCUT2D eigenvalue weighted by atomic mass is 9.95. The molecule has 0 aliphatic carbocycles. The number of ether oxygens (including phenoxy) is 1. The molecule has 0 aromatic carbocycles. The van der Waals surface area contributed by atoms with Gasteiger partial charge in [-0.05, 0) is 25.3 Å². The predicted molar refractivity (Wildman–Crippen MR) is 62.6 cm³/mol. The molecule has 0 bridgehead atoms. The molecule has 2 nitrogen and oxygen atoms in total. The second-order valence-corrected chi connectivity index (χ2v) is 4.02. The Morgan fingerprint density at radius 1 is 1.14 bits per heavy atom. The molecule has 0 fully saturated rings. The molecule has 0 aliphatic rings. The zero-order valence-corrected chi connectivity index (χ0v) is 10.3. The topological polar surface area (TPSA) is 21.3 Å². The van der Waals surface area contributed by atoms with E-state index in [1.54, 1.807) is 7.11 Å². The molecule has 86 valence electrons. The highest BCUT2D eigenvalue weighted by molar-refractivity contribution is 4.70. The summed E-state index contributed by atoms with van der Waals surface area (Å²) < 4.78 is 5.23. The van der Waals surface area contributed by atoms with Gasteiger partial charge >= 0.3 is 0 Å². The van der Waals surface area contributed by atoms with Crippen molar-refractivity contribution in [2.75, 3.05) is 20.3 Å². The van der Waals surface area contributed by atoms with Crippen LogP contribution in [0.25, 0.3) is 0 Å². The van der Waals surface area contributed by atoms with Crippen molar-refractivity contribution in [2.24, 2.45) is 5.92 Å². The maximum atomic E-state index is 5.23. The highest BCUT2D eigenvalue weighted by atomic mass is 16.5. The van der Waals surface area contributed by atoms with Crippen molar-refractivity contribution in [2.45, 2.75) is 52.5 Å². The average Bonchev–Trinajstić information content (AvgIpc) is 2.22. The molecular weight excluding hydrogens is 174 g/mol. The van der Waals surface area contributed by atoms with Crippen LogP contribution in [0.2, 0.25) is 0 Å². The van der Waals surface area contributed by atoms with E-state index in [4.69, 9.17) is 4.74 Å². The standard InChI is InChI=1S/C12H27NO/c1-5-8-13-12(10-14-4)9-11(6-2)7-3/h11-13H,5-10H2,1-4H3. The Hall–Kier alpha value is -0.0800. The third kappa shape index (κ3) is 6.39. The van der Waals surface area contributed by atoms with Gasteiger partial charge in [0.1, 0.15) is 0 Å².